The van der Waals surface area contributed by atoms with Gasteiger partial charge in [-0.25, -0.2) is 9.97 Å². The second-order valence-corrected chi connectivity index (χ2v) is 5.53. The number of nitrogens with one attached hydrogen (secondary N) is 1. The number of nitrogens with zero attached hydrogens (tertiary/aromatic N) is 2. The van der Waals surface area contributed by atoms with E-state index >= 15 is 0 Å². The highest BCUT2D eigenvalue weighted by atomic mass is 79.9. The molecule has 0 radical (unpaired) electrons. The van der Waals surface area contributed by atoms with E-state index in [-0.39, 0.29) is 4.99 Å². The number of nitrogens with two attached hydrogens (primary N) is 1. The maximum absolute atomic E-state index is 6.11. The summed E-state index contributed by atoms with van der Waals surface area (Å²) in [5.41, 5.74) is 7.81. The summed E-state index contributed by atoms with van der Waals surface area (Å²) in [5, 5.41) is 3.78. The lowest BCUT2D eigenvalue weighted by Gasteiger charge is -2.12. The van der Waals surface area contributed by atoms with Crippen molar-refractivity contribution < 1.29 is 0 Å². The molecule has 98 valence electrons. The zero-order chi connectivity index (χ0) is 14.0. The van der Waals surface area contributed by atoms with Gasteiger partial charge in [-0.3, -0.25) is 0 Å². The molecule has 0 aliphatic carbocycles. The van der Waals surface area contributed by atoms with Crippen LogP contribution in [0.5, 0.6) is 0 Å². The Kier molecular flexibility index (Phi) is 4.34. The molecule has 7 heteroatoms. The van der Waals surface area contributed by atoms with Crippen molar-refractivity contribution in [2.24, 2.45) is 5.73 Å². The number of hydrogen-bond donors (Lipinski definition) is 2. The molecule has 2 aromatic rings. The van der Waals surface area contributed by atoms with Crippen LogP contribution in [0.2, 0.25) is 5.02 Å². The number of rotatable bonds is 3. The van der Waals surface area contributed by atoms with Gasteiger partial charge in [-0.1, -0.05) is 23.8 Å². The quantitative estimate of drug-likeness (QED) is 0.822. The minimum absolute atomic E-state index is 0.185. The summed E-state index contributed by atoms with van der Waals surface area (Å²) in [6, 6.07) is 3.72. The van der Waals surface area contributed by atoms with E-state index in [0.717, 1.165) is 15.7 Å². The highest BCUT2D eigenvalue weighted by Crippen LogP contribution is 2.31. The normalized spacial score (nSPS) is 10.3. The number of benzene rings is 1. The van der Waals surface area contributed by atoms with E-state index in [9.17, 15) is 0 Å². The highest BCUT2D eigenvalue weighted by Gasteiger charge is 2.10. The van der Waals surface area contributed by atoms with Gasteiger partial charge in [0.15, 0.2) is 5.82 Å². The molecule has 0 unspecified atom stereocenters. The number of thiocarbonyl (C=S) groups is 1. The number of halogens is 2. The Balaban J connectivity index is 2.42. The van der Waals surface area contributed by atoms with Crippen molar-refractivity contribution in [1.29, 1.82) is 0 Å². The van der Waals surface area contributed by atoms with E-state index in [1.807, 2.05) is 13.0 Å². The molecule has 0 bridgehead atoms. The van der Waals surface area contributed by atoms with Gasteiger partial charge in [-0.05, 0) is 40.5 Å². The van der Waals surface area contributed by atoms with Gasteiger partial charge in [0.25, 0.3) is 0 Å². The number of anilines is 2. The molecule has 3 N–H and O–H groups in total. The van der Waals surface area contributed by atoms with Crippen LogP contribution in [0.25, 0.3) is 0 Å². The SMILES string of the molecule is Cc1cc(Br)c(Nc2nccnc2C(N)=S)cc1Cl. The van der Waals surface area contributed by atoms with E-state index in [1.165, 1.54) is 6.20 Å². The van der Waals surface area contributed by atoms with Crippen LogP contribution in [0.4, 0.5) is 11.5 Å². The average molecular weight is 358 g/mol. The summed E-state index contributed by atoms with van der Waals surface area (Å²) in [6.45, 7) is 1.93. The number of hydrogen-bond acceptors (Lipinski definition) is 4. The molecule has 0 saturated heterocycles. The molecule has 1 aromatic carbocycles. The van der Waals surface area contributed by atoms with Crippen molar-refractivity contribution in [2.45, 2.75) is 6.92 Å². The fourth-order valence-electron chi connectivity index (χ4n) is 1.48. The van der Waals surface area contributed by atoms with E-state index in [1.54, 1.807) is 12.3 Å². The minimum Gasteiger partial charge on any atom is -0.388 e. The van der Waals surface area contributed by atoms with E-state index < -0.39 is 0 Å². The Bertz CT molecular complexity index is 648. The molecule has 0 saturated carbocycles. The standard InChI is InChI=1S/C12H10BrClN4S/c1-6-4-7(13)9(5-8(6)14)18-12-10(11(15)19)16-2-3-17-12/h2-5H,1H3,(H2,15,19)(H,17,18). The van der Waals surface area contributed by atoms with Crippen molar-refractivity contribution in [2.75, 3.05) is 5.32 Å². The molecule has 0 aliphatic heterocycles. The van der Waals surface area contributed by atoms with Crippen molar-refractivity contribution >= 4 is 56.2 Å². The van der Waals surface area contributed by atoms with Crippen LogP contribution in [0.15, 0.2) is 29.0 Å². The lowest BCUT2D eigenvalue weighted by Crippen LogP contribution is -2.15. The third kappa shape index (κ3) is 3.20. The third-order valence-corrected chi connectivity index (χ3v) is 3.69. The van der Waals surface area contributed by atoms with Crippen molar-refractivity contribution in [3.63, 3.8) is 0 Å². The number of aromatic nitrogens is 2. The largest absolute Gasteiger partial charge is 0.388 e. The summed E-state index contributed by atoms with van der Waals surface area (Å²) < 4.78 is 0.869. The molecule has 0 aliphatic rings. The summed E-state index contributed by atoms with van der Waals surface area (Å²) in [7, 11) is 0. The summed E-state index contributed by atoms with van der Waals surface area (Å²) in [4.78, 5) is 8.47. The van der Waals surface area contributed by atoms with E-state index in [4.69, 9.17) is 29.6 Å². The molecule has 1 heterocycles. The maximum atomic E-state index is 6.11. The van der Waals surface area contributed by atoms with Crippen LogP contribution >= 0.6 is 39.7 Å². The molecule has 0 atom stereocenters. The van der Waals surface area contributed by atoms with E-state index in [2.05, 4.69) is 31.2 Å². The molecule has 0 fully saturated rings. The molecule has 0 amide bonds. The summed E-state index contributed by atoms with van der Waals surface area (Å²) in [6.07, 6.45) is 3.10. The summed E-state index contributed by atoms with van der Waals surface area (Å²) in [5.74, 6) is 0.496. The van der Waals surface area contributed by atoms with Crippen molar-refractivity contribution in [3.8, 4) is 0 Å². The van der Waals surface area contributed by atoms with Gasteiger partial charge in [0.1, 0.15) is 10.7 Å². The lowest BCUT2D eigenvalue weighted by atomic mass is 10.2. The van der Waals surface area contributed by atoms with Gasteiger partial charge in [0.05, 0.1) is 5.69 Å². The Morgan fingerprint density at radius 1 is 1.37 bits per heavy atom. The van der Waals surface area contributed by atoms with Crippen LogP contribution in [-0.2, 0) is 0 Å². The zero-order valence-electron chi connectivity index (χ0n) is 9.95. The smallest absolute Gasteiger partial charge is 0.159 e. The fraction of sp³-hybridized carbons (Fsp3) is 0.0833. The van der Waals surface area contributed by atoms with Crippen LogP contribution in [0.1, 0.15) is 11.3 Å². The zero-order valence-corrected chi connectivity index (χ0v) is 13.1. The molecule has 1 aromatic heterocycles. The summed E-state index contributed by atoms with van der Waals surface area (Å²) >= 11 is 14.5. The molecule has 4 nitrogen and oxygen atoms in total. The fourth-order valence-corrected chi connectivity index (χ4v) is 2.35. The third-order valence-electron chi connectivity index (χ3n) is 2.43. The maximum Gasteiger partial charge on any atom is 0.159 e. The van der Waals surface area contributed by atoms with Crippen molar-refractivity contribution in [1.82, 2.24) is 9.97 Å². The van der Waals surface area contributed by atoms with Crippen LogP contribution < -0.4 is 11.1 Å². The van der Waals surface area contributed by atoms with Gasteiger partial charge in [-0.15, -0.1) is 0 Å². The lowest BCUT2D eigenvalue weighted by molar-refractivity contribution is 1.18. The number of aryl methyl sites for hydroxylation is 1. The highest BCUT2D eigenvalue weighted by molar-refractivity contribution is 9.10. The first kappa shape index (κ1) is 14.2. The average Bonchev–Trinajstić information content (AvgIpc) is 2.36. The Hall–Kier alpha value is -1.24. The Morgan fingerprint density at radius 3 is 2.74 bits per heavy atom. The van der Waals surface area contributed by atoms with E-state index in [0.29, 0.717) is 16.5 Å². The minimum atomic E-state index is 0.185. The topological polar surface area (TPSA) is 63.8 Å². The van der Waals surface area contributed by atoms with Gasteiger partial charge < -0.3 is 11.1 Å². The Morgan fingerprint density at radius 2 is 2.05 bits per heavy atom. The molecule has 0 spiro atoms. The second-order valence-electron chi connectivity index (χ2n) is 3.82. The monoisotopic (exact) mass is 356 g/mol. The molecular formula is C12H10BrClN4S. The second kappa shape index (κ2) is 5.81. The molecule has 19 heavy (non-hydrogen) atoms. The Labute approximate surface area is 129 Å². The predicted molar refractivity (Wildman–Crippen MR) is 85.1 cm³/mol. The van der Waals surface area contributed by atoms with Gasteiger partial charge in [-0.2, -0.15) is 0 Å². The van der Waals surface area contributed by atoms with Gasteiger partial charge in [0, 0.05) is 21.9 Å². The first-order valence-corrected chi connectivity index (χ1v) is 6.90. The van der Waals surface area contributed by atoms with Gasteiger partial charge >= 0.3 is 0 Å². The predicted octanol–water partition coefficient (Wildman–Crippen LogP) is 3.58. The first-order chi connectivity index (χ1) is 8.99. The van der Waals surface area contributed by atoms with Crippen molar-refractivity contribution in [3.05, 3.63) is 45.3 Å². The van der Waals surface area contributed by atoms with Crippen LogP contribution in [0.3, 0.4) is 0 Å². The first-order valence-electron chi connectivity index (χ1n) is 5.32. The van der Waals surface area contributed by atoms with Crippen LogP contribution in [0, 0.1) is 6.92 Å². The molecule has 2 rings (SSSR count). The van der Waals surface area contributed by atoms with Gasteiger partial charge in [0.2, 0.25) is 0 Å². The van der Waals surface area contributed by atoms with Crippen LogP contribution in [-0.4, -0.2) is 15.0 Å². The molecular weight excluding hydrogens is 348 g/mol.